The van der Waals surface area contributed by atoms with Crippen LogP contribution in [0.4, 0.5) is 0 Å². The van der Waals surface area contributed by atoms with Crippen molar-refractivity contribution >= 4 is 0 Å². The van der Waals surface area contributed by atoms with Gasteiger partial charge in [0.25, 0.3) is 0 Å². The first kappa shape index (κ1) is 8.20. The Labute approximate surface area is 66.2 Å². The van der Waals surface area contributed by atoms with E-state index in [1.54, 1.807) is 0 Å². The summed E-state index contributed by atoms with van der Waals surface area (Å²) in [5.41, 5.74) is -2.28. The van der Waals surface area contributed by atoms with Gasteiger partial charge in [-0.05, 0) is 6.92 Å². The lowest BCUT2D eigenvalue weighted by Crippen LogP contribution is -2.19. The van der Waals surface area contributed by atoms with Gasteiger partial charge in [-0.3, -0.25) is 9.05 Å². The predicted octanol–water partition coefficient (Wildman–Crippen LogP) is -1.16. The van der Waals surface area contributed by atoms with E-state index in [0.717, 1.165) is 0 Å². The van der Waals surface area contributed by atoms with Gasteiger partial charge in [0, 0.05) is 0 Å². The highest BCUT2D eigenvalue weighted by Gasteiger charge is 2.07. The SMILES string of the molecule is C#CC(C)On1oc(=O)c(=O)o1. The van der Waals surface area contributed by atoms with Crippen LogP contribution in [0.1, 0.15) is 6.92 Å². The molecule has 0 spiro atoms. The van der Waals surface area contributed by atoms with Gasteiger partial charge in [0.1, 0.15) is 5.08 Å². The molecule has 1 heterocycles. The van der Waals surface area contributed by atoms with Gasteiger partial charge >= 0.3 is 11.3 Å². The van der Waals surface area contributed by atoms with E-state index < -0.39 is 17.4 Å². The topological polar surface area (TPSA) is 74.6 Å². The van der Waals surface area contributed by atoms with Gasteiger partial charge < -0.3 is 4.84 Å². The summed E-state index contributed by atoms with van der Waals surface area (Å²) >= 11 is 0. The molecular weight excluding hydrogens is 166 g/mol. The molecule has 0 aliphatic heterocycles. The zero-order valence-corrected chi connectivity index (χ0v) is 6.14. The summed E-state index contributed by atoms with van der Waals surface area (Å²) < 4.78 is 8.30. The highest BCUT2D eigenvalue weighted by molar-refractivity contribution is 4.91. The van der Waals surface area contributed by atoms with Gasteiger partial charge in [-0.25, -0.2) is 9.59 Å². The molecule has 0 N–H and O–H groups in total. The molecule has 64 valence electrons. The maximum atomic E-state index is 10.4. The summed E-state index contributed by atoms with van der Waals surface area (Å²) in [7, 11) is 0. The molecule has 0 aliphatic rings. The van der Waals surface area contributed by atoms with Crippen LogP contribution in [-0.4, -0.2) is 11.2 Å². The molecule has 0 radical (unpaired) electrons. The Hall–Kier alpha value is -1.90. The van der Waals surface area contributed by atoms with Crippen LogP contribution in [0.2, 0.25) is 0 Å². The van der Waals surface area contributed by atoms with Crippen LogP contribution in [0, 0.1) is 12.3 Å². The maximum Gasteiger partial charge on any atom is 0.449 e. The Bertz CT molecular complexity index is 375. The Kier molecular flexibility index (Phi) is 2.05. The third kappa shape index (κ3) is 1.58. The monoisotopic (exact) mass is 171 g/mol. The summed E-state index contributed by atoms with van der Waals surface area (Å²) in [6.07, 6.45) is 4.29. The van der Waals surface area contributed by atoms with Crippen molar-refractivity contribution in [1.29, 1.82) is 0 Å². The van der Waals surface area contributed by atoms with Gasteiger partial charge in [-0.2, -0.15) is 0 Å². The number of terminal acetylenes is 1. The first-order chi connectivity index (χ1) is 5.63. The molecule has 1 aromatic heterocycles. The first-order valence-electron chi connectivity index (χ1n) is 3.00. The van der Waals surface area contributed by atoms with E-state index in [0.29, 0.717) is 0 Å². The van der Waals surface area contributed by atoms with Crippen molar-refractivity contribution in [2.75, 3.05) is 0 Å². The van der Waals surface area contributed by atoms with E-state index in [9.17, 15) is 9.59 Å². The molecule has 0 saturated carbocycles. The molecule has 1 atom stereocenters. The Morgan fingerprint density at radius 1 is 1.50 bits per heavy atom. The van der Waals surface area contributed by atoms with E-state index in [1.165, 1.54) is 6.92 Å². The third-order valence-electron chi connectivity index (χ3n) is 0.960. The zero-order chi connectivity index (χ0) is 9.14. The molecule has 1 unspecified atom stereocenters. The first-order valence-corrected chi connectivity index (χ1v) is 3.00. The molecular formula is C6H5NO5. The highest BCUT2D eigenvalue weighted by Crippen LogP contribution is 1.81. The van der Waals surface area contributed by atoms with Crippen molar-refractivity contribution in [3.8, 4) is 12.3 Å². The molecule has 0 aliphatic carbocycles. The van der Waals surface area contributed by atoms with Gasteiger partial charge in [0.2, 0.25) is 0 Å². The summed E-state index contributed by atoms with van der Waals surface area (Å²) in [5.74, 6) is 2.17. The fourth-order valence-electron chi connectivity index (χ4n) is 0.431. The minimum Gasteiger partial charge on any atom is -0.341 e. The van der Waals surface area contributed by atoms with Crippen LogP contribution < -0.4 is 16.1 Å². The van der Waals surface area contributed by atoms with Crippen molar-refractivity contribution in [2.24, 2.45) is 0 Å². The minimum atomic E-state index is -1.14. The summed E-state index contributed by atoms with van der Waals surface area (Å²) in [6, 6.07) is 0. The Morgan fingerprint density at radius 3 is 2.42 bits per heavy atom. The summed E-state index contributed by atoms with van der Waals surface area (Å²) in [6.45, 7) is 1.51. The molecule has 1 aromatic rings. The van der Waals surface area contributed by atoms with E-state index in [-0.39, 0.29) is 5.08 Å². The zero-order valence-electron chi connectivity index (χ0n) is 6.14. The highest BCUT2D eigenvalue weighted by atomic mass is 17.0. The van der Waals surface area contributed by atoms with Crippen LogP contribution in [0.5, 0.6) is 0 Å². The molecule has 6 nitrogen and oxygen atoms in total. The minimum absolute atomic E-state index is 0.287. The second-order valence-corrected chi connectivity index (χ2v) is 1.90. The van der Waals surface area contributed by atoms with Gasteiger partial charge in [-0.1, -0.05) is 5.92 Å². The summed E-state index contributed by atoms with van der Waals surface area (Å²) in [4.78, 5) is 25.4. The molecule has 0 amide bonds. The third-order valence-corrected chi connectivity index (χ3v) is 0.960. The van der Waals surface area contributed by atoms with Crippen molar-refractivity contribution in [2.45, 2.75) is 13.0 Å². The average molecular weight is 171 g/mol. The Morgan fingerprint density at radius 2 is 2.00 bits per heavy atom. The second-order valence-electron chi connectivity index (χ2n) is 1.90. The normalized spacial score (nSPS) is 12.0. The van der Waals surface area contributed by atoms with Crippen LogP contribution >= 0.6 is 0 Å². The fourth-order valence-corrected chi connectivity index (χ4v) is 0.431. The second kappa shape index (κ2) is 3.00. The quantitative estimate of drug-likeness (QED) is 0.414. The molecule has 1 rings (SSSR count). The lowest BCUT2D eigenvalue weighted by Gasteiger charge is -2.01. The lowest BCUT2D eigenvalue weighted by molar-refractivity contribution is -0.157. The Balaban J connectivity index is 2.86. The van der Waals surface area contributed by atoms with Gasteiger partial charge in [0.05, 0.1) is 0 Å². The summed E-state index contributed by atoms with van der Waals surface area (Å²) in [5, 5.41) is 0.287. The standard InChI is InChI=1S/C6H5NO5/c1-3-4(2)10-7-11-5(8)6(9)12-7/h1,4H,2H3. The number of aromatic nitrogens is 1. The number of nitrogens with zero attached hydrogens (tertiary/aromatic N) is 1. The largest absolute Gasteiger partial charge is 0.449 e. The molecule has 0 bridgehead atoms. The van der Waals surface area contributed by atoms with Gasteiger partial charge in [0.15, 0.2) is 6.10 Å². The van der Waals surface area contributed by atoms with Crippen LogP contribution in [-0.2, 0) is 0 Å². The van der Waals surface area contributed by atoms with Crippen LogP contribution in [0.25, 0.3) is 0 Å². The fraction of sp³-hybridized carbons (Fsp3) is 0.333. The molecule has 6 heteroatoms. The van der Waals surface area contributed by atoms with Crippen molar-refractivity contribution < 1.29 is 13.9 Å². The molecule has 0 fully saturated rings. The van der Waals surface area contributed by atoms with Crippen molar-refractivity contribution in [3.63, 3.8) is 0 Å². The van der Waals surface area contributed by atoms with E-state index >= 15 is 0 Å². The van der Waals surface area contributed by atoms with Gasteiger partial charge in [-0.15, -0.1) is 6.42 Å². The molecule has 12 heavy (non-hydrogen) atoms. The molecule has 0 aromatic carbocycles. The molecule has 0 saturated heterocycles. The van der Waals surface area contributed by atoms with Crippen molar-refractivity contribution in [3.05, 3.63) is 20.8 Å². The smallest absolute Gasteiger partial charge is 0.341 e. The van der Waals surface area contributed by atoms with E-state index in [1.807, 2.05) is 0 Å². The number of hydrogen-bond acceptors (Lipinski definition) is 5. The lowest BCUT2D eigenvalue weighted by atomic mass is 10.4. The van der Waals surface area contributed by atoms with E-state index in [2.05, 4.69) is 19.8 Å². The van der Waals surface area contributed by atoms with Crippen LogP contribution in [0.15, 0.2) is 18.6 Å². The van der Waals surface area contributed by atoms with Crippen molar-refractivity contribution in [1.82, 2.24) is 5.08 Å². The maximum absolute atomic E-state index is 10.4. The van der Waals surface area contributed by atoms with Crippen LogP contribution in [0.3, 0.4) is 0 Å². The average Bonchev–Trinajstić information content (AvgIpc) is 2.31. The number of rotatable bonds is 2. The number of hydrogen-bond donors (Lipinski definition) is 0. The van der Waals surface area contributed by atoms with E-state index in [4.69, 9.17) is 6.42 Å². The predicted molar refractivity (Wildman–Crippen MR) is 36.4 cm³/mol.